The maximum atomic E-state index is 12.9. The van der Waals surface area contributed by atoms with Crippen LogP contribution in [0.4, 0.5) is 11.4 Å². The first kappa shape index (κ1) is 24.8. The van der Waals surface area contributed by atoms with E-state index in [1.165, 1.54) is 21.3 Å². The number of hydrogen-bond donors (Lipinski definition) is 0. The largest absolute Gasteiger partial charge is 0.497 e. The van der Waals surface area contributed by atoms with Crippen molar-refractivity contribution in [3.63, 3.8) is 0 Å². The van der Waals surface area contributed by atoms with E-state index in [-0.39, 0.29) is 5.69 Å². The first-order valence-electron chi connectivity index (χ1n) is 11.4. The summed E-state index contributed by atoms with van der Waals surface area (Å²) in [6.45, 7) is 6.89. The second-order valence-electron chi connectivity index (χ2n) is 8.66. The molecular weight excluding hydrogens is 470 g/mol. The van der Waals surface area contributed by atoms with Crippen molar-refractivity contribution in [2.75, 3.05) is 49.3 Å². The maximum Gasteiger partial charge on any atom is 0.350 e. The van der Waals surface area contributed by atoms with Gasteiger partial charge in [0, 0.05) is 37.6 Å². The van der Waals surface area contributed by atoms with Gasteiger partial charge in [0.1, 0.15) is 12.1 Å². The molecule has 2 atom stereocenters. The maximum absolute atomic E-state index is 12.9. The van der Waals surface area contributed by atoms with Gasteiger partial charge in [-0.25, -0.2) is 14.0 Å². The molecule has 0 spiro atoms. The topological polar surface area (TPSA) is 98.9 Å². The molecule has 188 valence electrons. The minimum Gasteiger partial charge on any atom is -0.497 e. The average Bonchev–Trinajstić information content (AvgIpc) is 3.24. The fourth-order valence-electron chi connectivity index (χ4n) is 4.17. The Morgan fingerprint density at radius 3 is 1.83 bits per heavy atom. The number of rotatable bonds is 8. The molecule has 0 bridgehead atoms. The summed E-state index contributed by atoms with van der Waals surface area (Å²) < 4.78 is 35.8. The fourth-order valence-corrected chi connectivity index (χ4v) is 4.88. The lowest BCUT2D eigenvalue weighted by Crippen LogP contribution is -2.46. The molecule has 0 saturated carbocycles. The van der Waals surface area contributed by atoms with Crippen molar-refractivity contribution in [3.8, 4) is 11.4 Å². The summed E-state index contributed by atoms with van der Waals surface area (Å²) in [4.78, 5) is 17.6. The first-order chi connectivity index (χ1) is 16.7. The molecule has 0 aliphatic carbocycles. The zero-order chi connectivity index (χ0) is 25.2. The zero-order valence-corrected chi connectivity index (χ0v) is 21.2. The molecule has 1 saturated heterocycles. The SMILES string of the molecule is COc1ccc(N2CCN(c3ccc(-n4cnn(C(C)C(C)OS(C)(=O)=O)c4=O)cc3)CC2)cc1. The van der Waals surface area contributed by atoms with Gasteiger partial charge in [0.25, 0.3) is 10.1 Å². The third-order valence-electron chi connectivity index (χ3n) is 6.30. The Balaban J connectivity index is 1.41. The van der Waals surface area contributed by atoms with Gasteiger partial charge in [-0.1, -0.05) is 0 Å². The van der Waals surface area contributed by atoms with E-state index < -0.39 is 22.3 Å². The van der Waals surface area contributed by atoms with Crippen LogP contribution in [-0.2, 0) is 14.3 Å². The third kappa shape index (κ3) is 5.68. The Labute approximate surface area is 205 Å². The minimum absolute atomic E-state index is 0.359. The molecule has 0 N–H and O–H groups in total. The summed E-state index contributed by atoms with van der Waals surface area (Å²) >= 11 is 0. The van der Waals surface area contributed by atoms with Crippen molar-refractivity contribution in [1.29, 1.82) is 0 Å². The van der Waals surface area contributed by atoms with Crippen LogP contribution in [0.3, 0.4) is 0 Å². The number of aromatic nitrogens is 3. The van der Waals surface area contributed by atoms with Crippen molar-refractivity contribution < 1.29 is 17.3 Å². The van der Waals surface area contributed by atoms with E-state index in [1.807, 2.05) is 36.4 Å². The lowest BCUT2D eigenvalue weighted by Gasteiger charge is -2.37. The Morgan fingerprint density at radius 1 is 0.857 bits per heavy atom. The molecule has 2 heterocycles. The summed E-state index contributed by atoms with van der Waals surface area (Å²) in [5, 5.41) is 4.17. The molecule has 1 fully saturated rings. The first-order valence-corrected chi connectivity index (χ1v) is 13.3. The molecule has 3 aromatic rings. The van der Waals surface area contributed by atoms with E-state index in [9.17, 15) is 13.2 Å². The number of hydrogen-bond acceptors (Lipinski definition) is 8. The van der Waals surface area contributed by atoms with Crippen molar-refractivity contribution in [3.05, 3.63) is 65.3 Å². The highest BCUT2D eigenvalue weighted by Gasteiger charge is 2.23. The second-order valence-corrected chi connectivity index (χ2v) is 10.3. The van der Waals surface area contributed by atoms with Gasteiger partial charge in [0.2, 0.25) is 0 Å². The van der Waals surface area contributed by atoms with Crippen LogP contribution < -0.4 is 20.2 Å². The van der Waals surface area contributed by atoms with Gasteiger partial charge in [0.15, 0.2) is 0 Å². The van der Waals surface area contributed by atoms with Gasteiger partial charge < -0.3 is 14.5 Å². The smallest absolute Gasteiger partial charge is 0.350 e. The molecule has 1 aliphatic rings. The van der Waals surface area contributed by atoms with Crippen molar-refractivity contribution in [1.82, 2.24) is 14.3 Å². The van der Waals surface area contributed by atoms with Crippen LogP contribution in [0.15, 0.2) is 59.7 Å². The number of ether oxygens (including phenoxy) is 1. The molecule has 35 heavy (non-hydrogen) atoms. The van der Waals surface area contributed by atoms with Crippen LogP contribution in [0.5, 0.6) is 5.75 Å². The highest BCUT2D eigenvalue weighted by atomic mass is 32.2. The van der Waals surface area contributed by atoms with Crippen LogP contribution in [-0.4, -0.2) is 68.4 Å². The zero-order valence-electron chi connectivity index (χ0n) is 20.4. The number of methoxy groups -OCH3 is 1. The van der Waals surface area contributed by atoms with Gasteiger partial charge in [0.05, 0.1) is 31.2 Å². The van der Waals surface area contributed by atoms with Crippen molar-refractivity contribution >= 4 is 21.5 Å². The van der Waals surface area contributed by atoms with Gasteiger partial charge in [-0.3, -0.25) is 4.18 Å². The van der Waals surface area contributed by atoms with Crippen LogP contribution in [0, 0.1) is 0 Å². The van der Waals surface area contributed by atoms with Crippen molar-refractivity contribution in [2.45, 2.75) is 26.0 Å². The summed E-state index contributed by atoms with van der Waals surface area (Å²) in [5.41, 5.74) is 2.60. The van der Waals surface area contributed by atoms with Crippen molar-refractivity contribution in [2.24, 2.45) is 0 Å². The molecule has 2 unspecified atom stereocenters. The van der Waals surface area contributed by atoms with E-state index in [4.69, 9.17) is 8.92 Å². The van der Waals surface area contributed by atoms with Crippen LogP contribution in [0.1, 0.15) is 19.9 Å². The Morgan fingerprint density at radius 2 is 1.34 bits per heavy atom. The number of piperazine rings is 1. The van der Waals surface area contributed by atoms with E-state index in [2.05, 4.69) is 27.0 Å². The molecule has 4 rings (SSSR count). The second kappa shape index (κ2) is 10.1. The van der Waals surface area contributed by atoms with Gasteiger partial charge in [-0.2, -0.15) is 13.5 Å². The Hall–Kier alpha value is -3.31. The Kier molecular flexibility index (Phi) is 7.18. The van der Waals surface area contributed by atoms with Gasteiger partial charge >= 0.3 is 5.69 Å². The van der Waals surface area contributed by atoms with E-state index >= 15 is 0 Å². The highest BCUT2D eigenvalue weighted by Crippen LogP contribution is 2.23. The van der Waals surface area contributed by atoms with Crippen LogP contribution >= 0.6 is 0 Å². The minimum atomic E-state index is -3.64. The Bertz CT molecular complexity index is 1290. The number of anilines is 2. The lowest BCUT2D eigenvalue weighted by molar-refractivity contribution is 0.163. The third-order valence-corrected chi connectivity index (χ3v) is 6.95. The van der Waals surface area contributed by atoms with E-state index in [0.29, 0.717) is 5.69 Å². The van der Waals surface area contributed by atoms with Gasteiger partial charge in [-0.05, 0) is 62.4 Å². The number of benzene rings is 2. The van der Waals surface area contributed by atoms with Gasteiger partial charge in [-0.15, -0.1) is 0 Å². The quantitative estimate of drug-likeness (QED) is 0.434. The highest BCUT2D eigenvalue weighted by molar-refractivity contribution is 7.86. The molecule has 1 aliphatic heterocycles. The normalized spacial score (nSPS) is 16.2. The summed E-state index contributed by atoms with van der Waals surface area (Å²) in [6, 6.07) is 15.3. The summed E-state index contributed by atoms with van der Waals surface area (Å²) in [7, 11) is -1.97. The van der Waals surface area contributed by atoms with E-state index in [1.54, 1.807) is 21.0 Å². The average molecular weight is 502 g/mol. The molecular formula is C24H31N5O5S. The molecule has 0 amide bonds. The standard InChI is InChI=1S/C24H31N5O5S/c1-18(19(2)34-35(4,31)32)29-24(30)28(17-25-29)22-7-5-20(6-8-22)26-13-15-27(16-14-26)21-9-11-23(33-3)12-10-21/h5-12,17-19H,13-16H2,1-4H3. The molecule has 11 heteroatoms. The number of nitrogens with zero attached hydrogens (tertiary/aromatic N) is 5. The van der Waals surface area contributed by atoms with Crippen LogP contribution in [0.2, 0.25) is 0 Å². The summed E-state index contributed by atoms with van der Waals surface area (Å²) in [6.07, 6.45) is 1.69. The lowest BCUT2D eigenvalue weighted by atomic mass is 10.2. The monoisotopic (exact) mass is 501 g/mol. The molecule has 0 radical (unpaired) electrons. The fraction of sp³-hybridized carbons (Fsp3) is 0.417. The van der Waals surface area contributed by atoms with Crippen LogP contribution in [0.25, 0.3) is 5.69 Å². The molecule has 1 aromatic heterocycles. The van der Waals surface area contributed by atoms with E-state index in [0.717, 1.165) is 43.9 Å². The molecule has 2 aromatic carbocycles. The predicted octanol–water partition coefficient (Wildman–Crippen LogP) is 2.29. The molecule has 10 nitrogen and oxygen atoms in total. The summed E-state index contributed by atoms with van der Waals surface area (Å²) in [5.74, 6) is 0.850. The predicted molar refractivity (Wildman–Crippen MR) is 135 cm³/mol.